The van der Waals surface area contributed by atoms with Crippen LogP contribution in [-0.2, 0) is 16.4 Å². The van der Waals surface area contributed by atoms with Crippen molar-refractivity contribution in [1.29, 1.82) is 0 Å². The first-order valence-electron chi connectivity index (χ1n) is 7.38. The summed E-state index contributed by atoms with van der Waals surface area (Å²) in [6.07, 6.45) is 3.90. The molecule has 8 heteroatoms. The number of benzene rings is 1. The van der Waals surface area contributed by atoms with Crippen molar-refractivity contribution >= 4 is 26.7 Å². The van der Waals surface area contributed by atoms with E-state index >= 15 is 0 Å². The summed E-state index contributed by atoms with van der Waals surface area (Å²) in [4.78, 5) is 7.27. The molecule has 0 aliphatic rings. The SMILES string of the molecule is CNS(=O)(=O)c1ccc(NCCc2c[nH]c3cc(F)ccc23)nc1. The lowest BCUT2D eigenvalue weighted by atomic mass is 10.1. The average Bonchev–Trinajstić information content (AvgIpc) is 2.97. The molecular weight excluding hydrogens is 331 g/mol. The van der Waals surface area contributed by atoms with E-state index in [0.717, 1.165) is 22.9 Å². The fourth-order valence-electron chi connectivity index (χ4n) is 2.45. The molecular formula is C16H17FN4O2S. The van der Waals surface area contributed by atoms with E-state index in [4.69, 9.17) is 0 Å². The van der Waals surface area contributed by atoms with Gasteiger partial charge in [0.05, 0.1) is 0 Å². The molecule has 0 saturated carbocycles. The summed E-state index contributed by atoms with van der Waals surface area (Å²) in [5, 5.41) is 4.13. The number of anilines is 1. The molecule has 2 aromatic heterocycles. The number of aromatic nitrogens is 2. The number of halogens is 1. The maximum atomic E-state index is 13.2. The second-order valence-electron chi connectivity index (χ2n) is 5.27. The predicted molar refractivity (Wildman–Crippen MR) is 90.9 cm³/mol. The first-order chi connectivity index (χ1) is 11.5. The van der Waals surface area contributed by atoms with E-state index < -0.39 is 10.0 Å². The van der Waals surface area contributed by atoms with Crippen molar-refractivity contribution in [2.75, 3.05) is 18.9 Å². The van der Waals surface area contributed by atoms with Crippen LogP contribution in [0.15, 0.2) is 47.6 Å². The Kier molecular flexibility index (Phi) is 4.50. The van der Waals surface area contributed by atoms with E-state index in [9.17, 15) is 12.8 Å². The topological polar surface area (TPSA) is 86.9 Å². The summed E-state index contributed by atoms with van der Waals surface area (Å²) >= 11 is 0. The van der Waals surface area contributed by atoms with Crippen molar-refractivity contribution in [3.8, 4) is 0 Å². The van der Waals surface area contributed by atoms with Gasteiger partial charge in [0.25, 0.3) is 0 Å². The lowest BCUT2D eigenvalue weighted by molar-refractivity contribution is 0.588. The molecule has 0 bridgehead atoms. The zero-order chi connectivity index (χ0) is 17.2. The van der Waals surface area contributed by atoms with Crippen molar-refractivity contribution in [2.24, 2.45) is 0 Å². The van der Waals surface area contributed by atoms with Gasteiger partial charge in [-0.2, -0.15) is 0 Å². The van der Waals surface area contributed by atoms with Crippen molar-refractivity contribution in [3.63, 3.8) is 0 Å². The number of nitrogens with zero attached hydrogens (tertiary/aromatic N) is 1. The van der Waals surface area contributed by atoms with Crippen LogP contribution in [0.5, 0.6) is 0 Å². The van der Waals surface area contributed by atoms with Crippen LogP contribution >= 0.6 is 0 Å². The summed E-state index contributed by atoms with van der Waals surface area (Å²) in [7, 11) is -2.12. The summed E-state index contributed by atoms with van der Waals surface area (Å²) < 4.78 is 38.7. The third kappa shape index (κ3) is 3.39. The molecule has 2 heterocycles. The largest absolute Gasteiger partial charge is 0.370 e. The van der Waals surface area contributed by atoms with Crippen molar-refractivity contribution in [3.05, 3.63) is 54.1 Å². The minimum absolute atomic E-state index is 0.120. The van der Waals surface area contributed by atoms with E-state index in [1.807, 2.05) is 6.20 Å². The van der Waals surface area contributed by atoms with Crippen LogP contribution in [0.25, 0.3) is 10.9 Å². The first kappa shape index (κ1) is 16.4. The third-order valence-electron chi connectivity index (χ3n) is 3.75. The van der Waals surface area contributed by atoms with E-state index in [0.29, 0.717) is 12.4 Å². The number of rotatable bonds is 6. The molecule has 24 heavy (non-hydrogen) atoms. The molecule has 6 nitrogen and oxygen atoms in total. The van der Waals surface area contributed by atoms with Crippen LogP contribution in [0.3, 0.4) is 0 Å². The van der Waals surface area contributed by atoms with Crippen LogP contribution < -0.4 is 10.0 Å². The Hall–Kier alpha value is -2.45. The Bertz CT molecular complexity index is 952. The van der Waals surface area contributed by atoms with Crippen molar-refractivity contribution < 1.29 is 12.8 Å². The van der Waals surface area contributed by atoms with E-state index in [1.165, 1.54) is 31.4 Å². The van der Waals surface area contributed by atoms with Gasteiger partial charge in [0.2, 0.25) is 10.0 Å². The Balaban J connectivity index is 1.64. The van der Waals surface area contributed by atoms with E-state index in [1.54, 1.807) is 12.1 Å². The molecule has 3 aromatic rings. The molecule has 0 unspecified atom stereocenters. The Labute approximate surface area is 139 Å². The van der Waals surface area contributed by atoms with Gasteiger partial charge in [0, 0.05) is 29.8 Å². The molecule has 0 fully saturated rings. The normalized spacial score (nSPS) is 11.8. The average molecular weight is 348 g/mol. The minimum Gasteiger partial charge on any atom is -0.370 e. The van der Waals surface area contributed by atoms with Crippen LogP contribution in [0, 0.1) is 5.82 Å². The van der Waals surface area contributed by atoms with Gasteiger partial charge in [-0.1, -0.05) is 0 Å². The third-order valence-corrected chi connectivity index (χ3v) is 5.14. The zero-order valence-electron chi connectivity index (χ0n) is 13.0. The minimum atomic E-state index is -3.47. The molecule has 0 aliphatic heterocycles. The highest BCUT2D eigenvalue weighted by Crippen LogP contribution is 2.19. The summed E-state index contributed by atoms with van der Waals surface area (Å²) in [6, 6.07) is 7.78. The molecule has 1 aromatic carbocycles. The number of sulfonamides is 1. The van der Waals surface area contributed by atoms with Gasteiger partial charge in [0.1, 0.15) is 16.5 Å². The molecule has 126 valence electrons. The highest BCUT2D eigenvalue weighted by molar-refractivity contribution is 7.89. The smallest absolute Gasteiger partial charge is 0.241 e. The molecule has 0 aliphatic carbocycles. The number of H-pyrrole nitrogens is 1. The molecule has 3 N–H and O–H groups in total. The Morgan fingerprint density at radius 3 is 2.79 bits per heavy atom. The number of aromatic amines is 1. The zero-order valence-corrected chi connectivity index (χ0v) is 13.8. The molecule has 3 rings (SSSR count). The maximum Gasteiger partial charge on any atom is 0.241 e. The maximum absolute atomic E-state index is 13.2. The lowest BCUT2D eigenvalue weighted by Crippen LogP contribution is -2.18. The number of nitrogens with one attached hydrogen (secondary N) is 3. The number of hydrogen-bond acceptors (Lipinski definition) is 4. The van der Waals surface area contributed by atoms with Gasteiger partial charge in [-0.25, -0.2) is 22.5 Å². The molecule has 0 spiro atoms. The number of hydrogen-bond donors (Lipinski definition) is 3. The van der Waals surface area contributed by atoms with Crippen molar-refractivity contribution in [2.45, 2.75) is 11.3 Å². The Morgan fingerprint density at radius 1 is 1.25 bits per heavy atom. The van der Waals surface area contributed by atoms with Crippen LogP contribution in [0.1, 0.15) is 5.56 Å². The van der Waals surface area contributed by atoms with Crippen LogP contribution in [0.4, 0.5) is 10.2 Å². The highest BCUT2D eigenvalue weighted by Gasteiger charge is 2.11. The summed E-state index contributed by atoms with van der Waals surface area (Å²) in [5.74, 6) is 0.325. The fraction of sp³-hybridized carbons (Fsp3) is 0.188. The fourth-order valence-corrected chi connectivity index (χ4v) is 3.13. The molecule has 0 amide bonds. The van der Waals surface area contributed by atoms with Crippen LogP contribution in [0.2, 0.25) is 0 Å². The van der Waals surface area contributed by atoms with Crippen LogP contribution in [-0.4, -0.2) is 32.0 Å². The number of fused-ring (bicyclic) bond motifs is 1. The predicted octanol–water partition coefficient (Wildman–Crippen LogP) is 2.26. The number of pyridine rings is 1. The highest BCUT2D eigenvalue weighted by atomic mass is 32.2. The monoisotopic (exact) mass is 348 g/mol. The second-order valence-corrected chi connectivity index (χ2v) is 7.15. The van der Waals surface area contributed by atoms with E-state index in [2.05, 4.69) is 20.0 Å². The Morgan fingerprint density at radius 2 is 2.08 bits per heavy atom. The second kappa shape index (κ2) is 6.58. The van der Waals surface area contributed by atoms with E-state index in [-0.39, 0.29) is 10.7 Å². The van der Waals surface area contributed by atoms with Gasteiger partial charge in [-0.3, -0.25) is 0 Å². The first-order valence-corrected chi connectivity index (χ1v) is 8.87. The standard InChI is InChI=1S/C16H17FN4O2S/c1-18-24(22,23)13-3-5-16(21-10-13)19-7-6-11-9-20-15-8-12(17)2-4-14(11)15/h2-5,8-10,18,20H,6-7H2,1H3,(H,19,21). The molecule has 0 radical (unpaired) electrons. The van der Waals surface area contributed by atoms with Crippen molar-refractivity contribution in [1.82, 2.24) is 14.7 Å². The summed E-state index contributed by atoms with van der Waals surface area (Å²) in [5.41, 5.74) is 1.84. The molecule has 0 saturated heterocycles. The van der Waals surface area contributed by atoms with Gasteiger partial charge >= 0.3 is 0 Å². The molecule has 0 atom stereocenters. The quantitative estimate of drug-likeness (QED) is 0.638. The van der Waals surface area contributed by atoms with Gasteiger partial charge in [-0.15, -0.1) is 0 Å². The lowest BCUT2D eigenvalue weighted by Gasteiger charge is -2.06. The van der Waals surface area contributed by atoms with Gasteiger partial charge < -0.3 is 10.3 Å². The van der Waals surface area contributed by atoms with Gasteiger partial charge in [0.15, 0.2) is 0 Å². The van der Waals surface area contributed by atoms with Gasteiger partial charge in [-0.05, 0) is 49.4 Å². The summed E-state index contributed by atoms with van der Waals surface area (Å²) in [6.45, 7) is 0.620.